The number of carbonyl (C=O) groups excluding carboxylic acids is 2. The van der Waals surface area contributed by atoms with Gasteiger partial charge in [-0.25, -0.2) is 9.79 Å². The van der Waals surface area contributed by atoms with Gasteiger partial charge in [0.05, 0.1) is 30.7 Å². The SMILES string of the molecule is C=CCCC1(CC)CC(=O)N(C2CCOc3ccc(C(=O)NC4CC(C)(C)Oc5ccc(C=C)cc54)cc32)C(NC(=O)O)=N1. The molecule has 0 aromatic heterocycles. The lowest BCUT2D eigenvalue weighted by molar-refractivity contribution is -0.132. The van der Waals surface area contributed by atoms with Crippen LogP contribution in [-0.2, 0) is 4.79 Å². The second kappa shape index (κ2) is 12.2. The number of allylic oxidation sites excluding steroid dienone is 1. The number of hydrogen-bond acceptors (Lipinski definition) is 6. The lowest BCUT2D eigenvalue weighted by atomic mass is 9.85. The molecule has 44 heavy (non-hydrogen) atoms. The number of ether oxygens (including phenoxy) is 2. The van der Waals surface area contributed by atoms with Gasteiger partial charge in [0.2, 0.25) is 11.9 Å². The minimum atomic E-state index is -1.31. The fraction of sp³-hybridized carbons (Fsp3) is 0.412. The van der Waals surface area contributed by atoms with Crippen LogP contribution in [-0.4, -0.2) is 51.6 Å². The normalized spacial score (nSPS) is 23.6. The number of amides is 3. The molecule has 0 aliphatic carbocycles. The van der Waals surface area contributed by atoms with Gasteiger partial charge in [-0.1, -0.05) is 31.7 Å². The smallest absolute Gasteiger partial charge is 0.411 e. The van der Waals surface area contributed by atoms with Crippen LogP contribution in [0.4, 0.5) is 4.79 Å². The minimum absolute atomic E-state index is 0.00793. The average Bonchev–Trinajstić information content (AvgIpc) is 2.98. The third kappa shape index (κ3) is 6.20. The maximum atomic E-state index is 13.8. The van der Waals surface area contributed by atoms with Gasteiger partial charge in [-0.05, 0) is 69.0 Å². The van der Waals surface area contributed by atoms with E-state index in [1.54, 1.807) is 30.4 Å². The number of carboxylic acid groups (broad SMARTS) is 1. The number of carbonyl (C=O) groups is 3. The van der Waals surface area contributed by atoms with Crippen LogP contribution < -0.4 is 20.1 Å². The predicted molar refractivity (Wildman–Crippen MR) is 168 cm³/mol. The molecule has 232 valence electrons. The molecule has 3 unspecified atom stereocenters. The number of nitrogens with one attached hydrogen (secondary N) is 2. The zero-order chi connectivity index (χ0) is 31.6. The maximum absolute atomic E-state index is 13.8. The van der Waals surface area contributed by atoms with E-state index in [9.17, 15) is 19.5 Å². The minimum Gasteiger partial charge on any atom is -0.493 e. The van der Waals surface area contributed by atoms with Crippen LogP contribution >= 0.6 is 0 Å². The van der Waals surface area contributed by atoms with Crippen molar-refractivity contribution in [3.8, 4) is 11.5 Å². The molecule has 3 heterocycles. The molecule has 3 N–H and O–H groups in total. The van der Waals surface area contributed by atoms with E-state index in [0.717, 1.165) is 11.1 Å². The Morgan fingerprint density at radius 1 is 1.16 bits per heavy atom. The van der Waals surface area contributed by atoms with Gasteiger partial charge in [0.15, 0.2) is 0 Å². The summed E-state index contributed by atoms with van der Waals surface area (Å²) in [6.07, 6.45) is 5.12. The van der Waals surface area contributed by atoms with E-state index in [1.165, 1.54) is 4.90 Å². The zero-order valence-corrected chi connectivity index (χ0v) is 25.5. The Bertz CT molecular complexity index is 1530. The summed E-state index contributed by atoms with van der Waals surface area (Å²) in [6.45, 7) is 13.9. The molecular formula is C34H40N4O6. The van der Waals surface area contributed by atoms with Gasteiger partial charge >= 0.3 is 6.09 Å². The van der Waals surface area contributed by atoms with Crippen molar-refractivity contribution in [2.24, 2.45) is 4.99 Å². The lowest BCUT2D eigenvalue weighted by Crippen LogP contribution is -2.55. The first kappa shape index (κ1) is 30.8. The highest BCUT2D eigenvalue weighted by Gasteiger charge is 2.44. The van der Waals surface area contributed by atoms with Crippen molar-refractivity contribution in [1.29, 1.82) is 0 Å². The molecule has 3 atom stereocenters. The fourth-order valence-electron chi connectivity index (χ4n) is 6.36. The molecule has 0 radical (unpaired) electrons. The Morgan fingerprint density at radius 2 is 1.93 bits per heavy atom. The molecule has 10 heteroatoms. The largest absolute Gasteiger partial charge is 0.493 e. The molecule has 10 nitrogen and oxygen atoms in total. The second-order valence-electron chi connectivity index (χ2n) is 12.2. The summed E-state index contributed by atoms with van der Waals surface area (Å²) in [5.41, 5.74) is 1.60. The molecule has 5 rings (SSSR count). The quantitative estimate of drug-likeness (QED) is 0.312. The molecule has 0 fully saturated rings. The molecule has 3 aliphatic heterocycles. The number of aliphatic imine (C=N–C) groups is 1. The fourth-order valence-corrected chi connectivity index (χ4v) is 6.36. The monoisotopic (exact) mass is 600 g/mol. The van der Waals surface area contributed by atoms with Crippen LogP contribution in [0, 0.1) is 0 Å². The van der Waals surface area contributed by atoms with E-state index in [-0.39, 0.29) is 30.2 Å². The third-order valence-corrected chi connectivity index (χ3v) is 8.63. The van der Waals surface area contributed by atoms with Gasteiger partial charge in [0.25, 0.3) is 5.91 Å². The molecule has 3 aliphatic rings. The van der Waals surface area contributed by atoms with Crippen LogP contribution in [0.1, 0.15) is 98.4 Å². The topological polar surface area (TPSA) is 130 Å². The van der Waals surface area contributed by atoms with E-state index in [4.69, 9.17) is 14.5 Å². The van der Waals surface area contributed by atoms with Crippen molar-refractivity contribution in [1.82, 2.24) is 15.5 Å². The van der Waals surface area contributed by atoms with Gasteiger partial charge in [0, 0.05) is 29.5 Å². The molecule has 0 saturated carbocycles. The first-order valence-electron chi connectivity index (χ1n) is 15.0. The van der Waals surface area contributed by atoms with Crippen molar-refractivity contribution >= 4 is 29.9 Å². The van der Waals surface area contributed by atoms with Gasteiger partial charge in [-0.15, -0.1) is 6.58 Å². The lowest BCUT2D eigenvalue weighted by Gasteiger charge is -2.42. The van der Waals surface area contributed by atoms with Gasteiger partial charge in [0.1, 0.15) is 17.1 Å². The van der Waals surface area contributed by atoms with Crippen molar-refractivity contribution in [3.63, 3.8) is 0 Å². The van der Waals surface area contributed by atoms with E-state index >= 15 is 0 Å². The van der Waals surface area contributed by atoms with Crippen LogP contribution in [0.5, 0.6) is 11.5 Å². The first-order valence-corrected chi connectivity index (χ1v) is 15.0. The van der Waals surface area contributed by atoms with Crippen molar-refractivity contribution in [3.05, 3.63) is 77.9 Å². The van der Waals surface area contributed by atoms with Crippen LogP contribution in [0.25, 0.3) is 6.08 Å². The summed E-state index contributed by atoms with van der Waals surface area (Å²) in [4.78, 5) is 45.6. The van der Waals surface area contributed by atoms with E-state index < -0.39 is 23.3 Å². The molecule has 3 amide bonds. The van der Waals surface area contributed by atoms with Crippen LogP contribution in [0.3, 0.4) is 0 Å². The molecule has 2 aromatic rings. The summed E-state index contributed by atoms with van der Waals surface area (Å²) in [7, 11) is 0. The Morgan fingerprint density at radius 3 is 2.64 bits per heavy atom. The zero-order valence-electron chi connectivity index (χ0n) is 25.5. The van der Waals surface area contributed by atoms with Gasteiger partial charge in [-0.3, -0.25) is 19.8 Å². The Labute approximate surface area is 257 Å². The Hall–Kier alpha value is -4.60. The predicted octanol–water partition coefficient (Wildman–Crippen LogP) is 6.16. The van der Waals surface area contributed by atoms with Gasteiger partial charge < -0.3 is 19.9 Å². The van der Waals surface area contributed by atoms with Crippen molar-refractivity contribution < 1.29 is 29.0 Å². The molecule has 0 saturated heterocycles. The molecular weight excluding hydrogens is 560 g/mol. The standard InChI is InChI=1S/C34H40N4O6/c1-6-9-15-34(8-3)20-29(39)38(31(37-34)36-32(41)42)26-14-16-43-27-13-11-22(18-24(26)27)30(40)35-25-19-33(4,5)44-28-12-10-21(7-2)17-23(25)28/h6-7,10-13,17-18,25-26H,1-2,8-9,14-16,19-20H2,3-5H3,(H,35,40)(H,36,37)(H,41,42). The summed E-state index contributed by atoms with van der Waals surface area (Å²) < 4.78 is 12.1. The third-order valence-electron chi connectivity index (χ3n) is 8.63. The van der Waals surface area contributed by atoms with Crippen LogP contribution in [0.2, 0.25) is 0 Å². The number of benzene rings is 2. The second-order valence-corrected chi connectivity index (χ2v) is 12.2. The summed E-state index contributed by atoms with van der Waals surface area (Å²) in [5, 5.41) is 15.2. The van der Waals surface area contributed by atoms with Crippen LogP contribution in [0.15, 0.2) is 60.6 Å². The summed E-state index contributed by atoms with van der Waals surface area (Å²) >= 11 is 0. The highest BCUT2D eigenvalue weighted by atomic mass is 16.5. The Kier molecular flexibility index (Phi) is 8.54. The molecule has 0 spiro atoms. The van der Waals surface area contributed by atoms with Crippen molar-refractivity contribution in [2.75, 3.05) is 6.61 Å². The Balaban J connectivity index is 1.47. The number of fused-ring (bicyclic) bond motifs is 2. The highest BCUT2D eigenvalue weighted by molar-refractivity contribution is 6.05. The molecule has 0 bridgehead atoms. The molecule has 2 aromatic carbocycles. The first-order chi connectivity index (χ1) is 21.0. The number of hydrogen-bond donors (Lipinski definition) is 3. The van der Waals surface area contributed by atoms with E-state index in [2.05, 4.69) is 23.8 Å². The average molecular weight is 601 g/mol. The van der Waals surface area contributed by atoms with E-state index in [1.807, 2.05) is 39.0 Å². The summed E-state index contributed by atoms with van der Waals surface area (Å²) in [5.74, 6) is 0.723. The number of nitrogens with zero attached hydrogens (tertiary/aromatic N) is 2. The summed E-state index contributed by atoms with van der Waals surface area (Å²) in [6, 6.07) is 10.1. The number of guanidine groups is 1. The van der Waals surface area contributed by atoms with Crippen molar-refractivity contribution in [2.45, 2.75) is 82.5 Å². The highest BCUT2D eigenvalue weighted by Crippen LogP contribution is 2.42. The van der Waals surface area contributed by atoms with E-state index in [0.29, 0.717) is 61.3 Å². The number of rotatable bonds is 8. The van der Waals surface area contributed by atoms with Gasteiger partial charge in [-0.2, -0.15) is 0 Å². The maximum Gasteiger partial charge on any atom is 0.411 e.